The van der Waals surface area contributed by atoms with Crippen molar-refractivity contribution in [2.45, 2.75) is 51.4 Å². The summed E-state index contributed by atoms with van der Waals surface area (Å²) in [5.41, 5.74) is 0. The van der Waals surface area contributed by atoms with Gasteiger partial charge in [-0.1, -0.05) is 25.7 Å². The number of rotatable bonds is 7. The van der Waals surface area contributed by atoms with Crippen LogP contribution in [0.15, 0.2) is 0 Å². The van der Waals surface area contributed by atoms with Gasteiger partial charge in [0, 0.05) is 6.42 Å². The van der Waals surface area contributed by atoms with Crippen molar-refractivity contribution in [2.75, 3.05) is 0 Å². The standard InChI is InChI=1S/C9H17F2.Na/c1-2-3-4-5-6-7-8-9(10)11;/h9H,1-8H2;/q-1;+1. The van der Waals surface area contributed by atoms with E-state index in [0.717, 1.165) is 32.1 Å². The van der Waals surface area contributed by atoms with Crippen LogP contribution >= 0.6 is 0 Å². The van der Waals surface area contributed by atoms with Crippen molar-refractivity contribution in [3.63, 3.8) is 0 Å². The molecule has 0 radical (unpaired) electrons. The molecular weight excluding hydrogens is 169 g/mol. The fourth-order valence-electron chi connectivity index (χ4n) is 1.01. The van der Waals surface area contributed by atoms with E-state index in [1.54, 1.807) is 0 Å². The SMILES string of the molecule is [CH2-]CCCCCCCC(F)F.[Na+]. The van der Waals surface area contributed by atoms with Crippen molar-refractivity contribution in [1.82, 2.24) is 0 Å². The Bertz CT molecular complexity index is 76.9. The van der Waals surface area contributed by atoms with Crippen molar-refractivity contribution in [3.8, 4) is 0 Å². The van der Waals surface area contributed by atoms with Gasteiger partial charge < -0.3 is 6.92 Å². The van der Waals surface area contributed by atoms with Crippen LogP contribution in [0, 0.1) is 6.92 Å². The molecule has 0 spiro atoms. The molecule has 0 atom stereocenters. The van der Waals surface area contributed by atoms with Gasteiger partial charge in [-0.2, -0.15) is 6.42 Å². The minimum atomic E-state index is -2.11. The molecule has 0 saturated heterocycles. The van der Waals surface area contributed by atoms with Crippen LogP contribution in [0.2, 0.25) is 0 Å². The van der Waals surface area contributed by atoms with Crippen molar-refractivity contribution < 1.29 is 38.3 Å². The molecule has 0 aromatic heterocycles. The van der Waals surface area contributed by atoms with E-state index in [1.807, 2.05) is 0 Å². The second-order valence-electron chi connectivity index (χ2n) is 2.80. The molecule has 3 heteroatoms. The molecule has 12 heavy (non-hydrogen) atoms. The molecule has 68 valence electrons. The second-order valence-corrected chi connectivity index (χ2v) is 2.80. The maximum absolute atomic E-state index is 11.6. The van der Waals surface area contributed by atoms with Crippen molar-refractivity contribution in [2.24, 2.45) is 0 Å². The summed E-state index contributed by atoms with van der Waals surface area (Å²) in [6.45, 7) is 3.71. The van der Waals surface area contributed by atoms with Crippen LogP contribution in [-0.2, 0) is 0 Å². The van der Waals surface area contributed by atoms with Crippen LogP contribution in [0.5, 0.6) is 0 Å². The van der Waals surface area contributed by atoms with Gasteiger partial charge in [-0.05, 0) is 6.42 Å². The Labute approximate surface area is 96.4 Å². The van der Waals surface area contributed by atoms with E-state index in [-0.39, 0.29) is 36.0 Å². The van der Waals surface area contributed by atoms with E-state index in [1.165, 1.54) is 0 Å². The van der Waals surface area contributed by atoms with Gasteiger partial charge in [-0.25, -0.2) is 8.78 Å². The first-order valence-electron chi connectivity index (χ1n) is 4.34. The number of hydrogen-bond acceptors (Lipinski definition) is 0. The summed E-state index contributed by atoms with van der Waals surface area (Å²) >= 11 is 0. The van der Waals surface area contributed by atoms with Crippen LogP contribution in [-0.4, -0.2) is 6.43 Å². The zero-order valence-corrected chi connectivity index (χ0v) is 9.99. The zero-order chi connectivity index (χ0) is 8.53. The number of hydrogen-bond donors (Lipinski definition) is 0. The van der Waals surface area contributed by atoms with Gasteiger partial charge in [-0.15, -0.1) is 0 Å². The summed E-state index contributed by atoms with van der Waals surface area (Å²) in [5.74, 6) is 0. The molecule has 0 nitrogen and oxygen atoms in total. The third-order valence-corrected chi connectivity index (χ3v) is 1.67. The summed E-state index contributed by atoms with van der Waals surface area (Å²) in [6, 6.07) is 0. The minimum Gasteiger partial charge on any atom is -0.343 e. The molecule has 0 unspecified atom stereocenters. The molecule has 0 saturated carbocycles. The van der Waals surface area contributed by atoms with Crippen molar-refractivity contribution in [3.05, 3.63) is 6.92 Å². The first kappa shape index (κ1) is 15.3. The van der Waals surface area contributed by atoms with Crippen LogP contribution in [0.4, 0.5) is 8.78 Å². The first-order valence-corrected chi connectivity index (χ1v) is 4.34. The monoisotopic (exact) mass is 186 g/mol. The fraction of sp³-hybridized carbons (Fsp3) is 0.889. The van der Waals surface area contributed by atoms with Gasteiger partial charge in [0.2, 0.25) is 6.43 Å². The summed E-state index contributed by atoms with van der Waals surface area (Å²) in [7, 11) is 0. The van der Waals surface area contributed by atoms with Crippen LogP contribution < -0.4 is 29.6 Å². The van der Waals surface area contributed by atoms with Gasteiger partial charge in [0.1, 0.15) is 0 Å². The molecular formula is C9H17F2Na. The number of unbranched alkanes of at least 4 members (excludes halogenated alkanes) is 5. The van der Waals surface area contributed by atoms with E-state index in [2.05, 4.69) is 6.92 Å². The Kier molecular flexibility index (Phi) is 15.2. The fourth-order valence-corrected chi connectivity index (χ4v) is 1.01. The predicted molar refractivity (Wildman–Crippen MR) is 43.7 cm³/mol. The van der Waals surface area contributed by atoms with Crippen LogP contribution in [0.3, 0.4) is 0 Å². The molecule has 0 rings (SSSR count). The number of halogens is 2. The Morgan fingerprint density at radius 2 is 1.42 bits per heavy atom. The smallest absolute Gasteiger partial charge is 0.343 e. The second kappa shape index (κ2) is 11.9. The van der Waals surface area contributed by atoms with E-state index >= 15 is 0 Å². The van der Waals surface area contributed by atoms with Gasteiger partial charge in [0.15, 0.2) is 0 Å². The van der Waals surface area contributed by atoms with Gasteiger partial charge in [-0.3, -0.25) is 0 Å². The van der Waals surface area contributed by atoms with Crippen molar-refractivity contribution >= 4 is 0 Å². The van der Waals surface area contributed by atoms with E-state index < -0.39 is 6.43 Å². The first-order chi connectivity index (χ1) is 5.27. The Morgan fingerprint density at radius 3 is 1.92 bits per heavy atom. The van der Waals surface area contributed by atoms with Crippen LogP contribution in [0.25, 0.3) is 0 Å². The predicted octanol–water partition coefficient (Wildman–Crippen LogP) is 0.820. The van der Waals surface area contributed by atoms with Gasteiger partial charge in [0.25, 0.3) is 0 Å². The third-order valence-electron chi connectivity index (χ3n) is 1.67. The Morgan fingerprint density at radius 1 is 0.917 bits per heavy atom. The normalized spacial score (nSPS) is 10.0. The largest absolute Gasteiger partial charge is 1.00 e. The van der Waals surface area contributed by atoms with Crippen LogP contribution in [0.1, 0.15) is 44.9 Å². The summed E-state index contributed by atoms with van der Waals surface area (Å²) in [6.07, 6.45) is 3.92. The average Bonchev–Trinajstić information content (AvgIpc) is 1.96. The molecule has 0 amide bonds. The molecule has 0 fully saturated rings. The topological polar surface area (TPSA) is 0 Å². The summed E-state index contributed by atoms with van der Waals surface area (Å²) < 4.78 is 23.2. The molecule has 0 aliphatic heterocycles. The van der Waals surface area contributed by atoms with Gasteiger partial charge in [0.05, 0.1) is 0 Å². The minimum absolute atomic E-state index is 0. The molecule has 0 aliphatic rings. The molecule has 0 aliphatic carbocycles. The number of alkyl halides is 2. The quantitative estimate of drug-likeness (QED) is 0.314. The van der Waals surface area contributed by atoms with E-state index in [0.29, 0.717) is 6.42 Å². The Balaban J connectivity index is 0. The molecule has 0 N–H and O–H groups in total. The zero-order valence-electron chi connectivity index (χ0n) is 7.99. The van der Waals surface area contributed by atoms with Crippen molar-refractivity contribution in [1.29, 1.82) is 0 Å². The summed E-state index contributed by atoms with van der Waals surface area (Å²) in [5, 5.41) is 0. The molecule has 0 bridgehead atoms. The van der Waals surface area contributed by atoms with Gasteiger partial charge >= 0.3 is 29.6 Å². The molecule has 0 aromatic rings. The molecule has 0 aromatic carbocycles. The summed E-state index contributed by atoms with van der Waals surface area (Å²) in [4.78, 5) is 0. The Hall–Kier alpha value is 0.860. The van der Waals surface area contributed by atoms with E-state index in [4.69, 9.17) is 0 Å². The third kappa shape index (κ3) is 13.4. The molecule has 0 heterocycles. The van der Waals surface area contributed by atoms with E-state index in [9.17, 15) is 8.78 Å². The maximum atomic E-state index is 11.6. The maximum Gasteiger partial charge on any atom is 1.00 e. The average molecular weight is 186 g/mol.